The first kappa shape index (κ1) is 19.6. The van der Waals surface area contributed by atoms with Gasteiger partial charge in [0.05, 0.1) is 12.2 Å². The van der Waals surface area contributed by atoms with Crippen molar-refractivity contribution < 1.29 is 18.1 Å². The second-order valence-electron chi connectivity index (χ2n) is 7.46. The number of aryl methyl sites for hydroxylation is 1. The molecule has 1 saturated heterocycles. The van der Waals surface area contributed by atoms with E-state index < -0.39 is 0 Å². The number of furan rings is 1. The first-order valence-electron chi connectivity index (χ1n) is 9.98. The SMILES string of the molecule is Cc1sc(-c2ccco2)nc1C(=O)N1CCCC(c2nc(-c3cccc(F)c3)no2)C1. The van der Waals surface area contributed by atoms with Crippen molar-refractivity contribution in [3.8, 4) is 22.2 Å². The number of hydrogen-bond acceptors (Lipinski definition) is 7. The number of halogens is 1. The molecular weight excluding hydrogens is 419 g/mol. The number of thiazole rings is 1. The van der Waals surface area contributed by atoms with Gasteiger partial charge in [-0.15, -0.1) is 11.3 Å². The molecule has 4 aromatic rings. The summed E-state index contributed by atoms with van der Waals surface area (Å²) >= 11 is 1.44. The highest BCUT2D eigenvalue weighted by Gasteiger charge is 2.31. The quantitative estimate of drug-likeness (QED) is 0.450. The van der Waals surface area contributed by atoms with E-state index in [2.05, 4.69) is 15.1 Å². The third-order valence-electron chi connectivity index (χ3n) is 5.31. The second-order valence-corrected chi connectivity index (χ2v) is 8.66. The summed E-state index contributed by atoms with van der Waals surface area (Å²) in [4.78, 5) is 24.8. The second kappa shape index (κ2) is 8.07. The topological polar surface area (TPSA) is 85.3 Å². The van der Waals surface area contributed by atoms with Crippen LogP contribution < -0.4 is 0 Å². The Kier molecular flexibility index (Phi) is 5.11. The van der Waals surface area contributed by atoms with Gasteiger partial charge in [0.2, 0.25) is 11.7 Å². The summed E-state index contributed by atoms with van der Waals surface area (Å²) in [6, 6.07) is 9.70. The first-order chi connectivity index (χ1) is 15.1. The van der Waals surface area contributed by atoms with Crippen LogP contribution in [0.2, 0.25) is 0 Å². The normalized spacial score (nSPS) is 16.6. The predicted octanol–water partition coefficient (Wildman–Crippen LogP) is 4.92. The minimum absolute atomic E-state index is 0.0732. The number of carbonyl (C=O) groups excluding carboxylic acids is 1. The van der Waals surface area contributed by atoms with E-state index in [1.54, 1.807) is 29.4 Å². The summed E-state index contributed by atoms with van der Waals surface area (Å²) in [7, 11) is 0. The fraction of sp³-hybridized carbons (Fsp3) is 0.273. The van der Waals surface area contributed by atoms with E-state index in [1.165, 1.54) is 23.5 Å². The molecule has 9 heteroatoms. The number of amides is 1. The molecule has 0 saturated carbocycles. The Morgan fingerprint density at radius 2 is 2.16 bits per heavy atom. The van der Waals surface area contributed by atoms with Gasteiger partial charge in [-0.2, -0.15) is 4.98 Å². The summed E-state index contributed by atoms with van der Waals surface area (Å²) in [5.41, 5.74) is 1.00. The first-order valence-corrected chi connectivity index (χ1v) is 10.8. The zero-order valence-electron chi connectivity index (χ0n) is 16.7. The lowest BCUT2D eigenvalue weighted by Gasteiger charge is -2.30. The van der Waals surface area contributed by atoms with Crippen molar-refractivity contribution in [3.63, 3.8) is 0 Å². The number of nitrogens with zero attached hydrogens (tertiary/aromatic N) is 4. The molecule has 31 heavy (non-hydrogen) atoms. The Balaban J connectivity index is 1.33. The van der Waals surface area contributed by atoms with Crippen LogP contribution in [0.1, 0.15) is 40.0 Å². The van der Waals surface area contributed by atoms with Crippen LogP contribution in [-0.4, -0.2) is 39.0 Å². The molecule has 158 valence electrons. The molecule has 1 amide bonds. The summed E-state index contributed by atoms with van der Waals surface area (Å²) in [6.07, 6.45) is 3.25. The van der Waals surface area contributed by atoms with Crippen LogP contribution in [-0.2, 0) is 0 Å². The standard InChI is InChI=1S/C22H19FN4O3S/c1-13-18(24-21(31-13)17-8-4-10-29-17)22(28)27-9-3-6-15(12-27)20-25-19(26-30-20)14-5-2-7-16(23)11-14/h2,4-5,7-8,10-11,15H,3,6,9,12H2,1H3. The van der Waals surface area contributed by atoms with Crippen molar-refractivity contribution in [2.75, 3.05) is 13.1 Å². The number of likely N-dealkylation sites (tertiary alicyclic amines) is 1. The molecule has 0 aliphatic carbocycles. The van der Waals surface area contributed by atoms with Gasteiger partial charge in [0.25, 0.3) is 5.91 Å². The highest BCUT2D eigenvalue weighted by atomic mass is 32.1. The zero-order valence-corrected chi connectivity index (χ0v) is 17.6. The smallest absolute Gasteiger partial charge is 0.273 e. The molecule has 0 radical (unpaired) electrons. The fourth-order valence-corrected chi connectivity index (χ4v) is 4.63. The van der Waals surface area contributed by atoms with Crippen molar-refractivity contribution in [1.29, 1.82) is 0 Å². The molecule has 7 nitrogen and oxygen atoms in total. The van der Waals surface area contributed by atoms with Gasteiger partial charge in [0.15, 0.2) is 10.8 Å². The van der Waals surface area contributed by atoms with E-state index >= 15 is 0 Å². The van der Waals surface area contributed by atoms with E-state index in [1.807, 2.05) is 13.0 Å². The number of carbonyl (C=O) groups is 1. The van der Waals surface area contributed by atoms with Gasteiger partial charge < -0.3 is 13.8 Å². The van der Waals surface area contributed by atoms with Crippen LogP contribution in [0.15, 0.2) is 51.6 Å². The summed E-state index contributed by atoms with van der Waals surface area (Å²) < 4.78 is 24.4. The van der Waals surface area contributed by atoms with E-state index in [9.17, 15) is 9.18 Å². The predicted molar refractivity (Wildman–Crippen MR) is 112 cm³/mol. The van der Waals surface area contributed by atoms with E-state index in [-0.39, 0.29) is 17.6 Å². The van der Waals surface area contributed by atoms with Crippen molar-refractivity contribution in [1.82, 2.24) is 20.0 Å². The van der Waals surface area contributed by atoms with Gasteiger partial charge >= 0.3 is 0 Å². The van der Waals surface area contributed by atoms with Crippen LogP contribution in [0, 0.1) is 12.7 Å². The number of hydrogen-bond donors (Lipinski definition) is 0. The van der Waals surface area contributed by atoms with Crippen molar-refractivity contribution in [2.45, 2.75) is 25.7 Å². The average molecular weight is 438 g/mol. The third kappa shape index (κ3) is 3.88. The highest BCUT2D eigenvalue weighted by molar-refractivity contribution is 7.15. The molecule has 0 N–H and O–H groups in total. The maximum Gasteiger partial charge on any atom is 0.273 e. The Bertz CT molecular complexity index is 1220. The Morgan fingerprint density at radius 3 is 2.97 bits per heavy atom. The number of rotatable bonds is 4. The lowest BCUT2D eigenvalue weighted by molar-refractivity contribution is 0.0690. The minimum Gasteiger partial charge on any atom is -0.462 e. The molecule has 1 aliphatic rings. The molecular formula is C22H19FN4O3S. The average Bonchev–Trinajstić information content (AvgIpc) is 3.54. The lowest BCUT2D eigenvalue weighted by atomic mass is 9.97. The molecule has 5 rings (SSSR count). The third-order valence-corrected chi connectivity index (χ3v) is 6.30. The maximum absolute atomic E-state index is 13.5. The monoisotopic (exact) mass is 438 g/mol. The number of benzene rings is 1. The molecule has 4 heterocycles. The molecule has 0 bridgehead atoms. The molecule has 1 atom stereocenters. The minimum atomic E-state index is -0.356. The van der Waals surface area contributed by atoms with Crippen LogP contribution in [0.5, 0.6) is 0 Å². The van der Waals surface area contributed by atoms with Gasteiger partial charge in [-0.3, -0.25) is 4.79 Å². The molecule has 3 aromatic heterocycles. The molecule has 1 aliphatic heterocycles. The van der Waals surface area contributed by atoms with Crippen LogP contribution >= 0.6 is 11.3 Å². The zero-order chi connectivity index (χ0) is 21.4. The highest BCUT2D eigenvalue weighted by Crippen LogP contribution is 2.31. The van der Waals surface area contributed by atoms with Crippen LogP contribution in [0.25, 0.3) is 22.2 Å². The number of piperidine rings is 1. The summed E-state index contributed by atoms with van der Waals surface area (Å²) in [5.74, 6) is 0.918. The van der Waals surface area contributed by atoms with E-state index in [4.69, 9.17) is 8.94 Å². The maximum atomic E-state index is 13.5. The Labute approximate surface area is 181 Å². The van der Waals surface area contributed by atoms with Crippen molar-refractivity contribution in [3.05, 3.63) is 64.9 Å². The van der Waals surface area contributed by atoms with Crippen LogP contribution in [0.3, 0.4) is 0 Å². The van der Waals surface area contributed by atoms with E-state index in [0.29, 0.717) is 46.8 Å². The Hall–Kier alpha value is -3.33. The summed E-state index contributed by atoms with van der Waals surface area (Å²) in [6.45, 7) is 3.01. The van der Waals surface area contributed by atoms with Crippen LogP contribution in [0.4, 0.5) is 4.39 Å². The molecule has 1 fully saturated rings. The van der Waals surface area contributed by atoms with Crippen molar-refractivity contribution >= 4 is 17.2 Å². The van der Waals surface area contributed by atoms with E-state index in [0.717, 1.165) is 17.7 Å². The number of aromatic nitrogens is 3. The lowest BCUT2D eigenvalue weighted by Crippen LogP contribution is -2.39. The van der Waals surface area contributed by atoms with Gasteiger partial charge in [-0.25, -0.2) is 9.37 Å². The van der Waals surface area contributed by atoms with Gasteiger partial charge in [0.1, 0.15) is 11.5 Å². The summed E-state index contributed by atoms with van der Waals surface area (Å²) in [5, 5.41) is 4.69. The van der Waals surface area contributed by atoms with Gasteiger partial charge in [-0.05, 0) is 44.0 Å². The van der Waals surface area contributed by atoms with Gasteiger partial charge in [-0.1, -0.05) is 17.3 Å². The molecule has 0 spiro atoms. The van der Waals surface area contributed by atoms with Gasteiger partial charge in [0, 0.05) is 23.5 Å². The fourth-order valence-electron chi connectivity index (χ4n) is 3.76. The molecule has 1 aromatic carbocycles. The largest absolute Gasteiger partial charge is 0.462 e. The Morgan fingerprint density at radius 1 is 1.26 bits per heavy atom. The molecule has 1 unspecified atom stereocenters. The van der Waals surface area contributed by atoms with Crippen molar-refractivity contribution in [2.24, 2.45) is 0 Å².